The summed E-state index contributed by atoms with van der Waals surface area (Å²) in [6, 6.07) is -0.697. The lowest BCUT2D eigenvalue weighted by molar-refractivity contribution is -0.141. The van der Waals surface area contributed by atoms with E-state index in [0.717, 1.165) is 0 Å². The van der Waals surface area contributed by atoms with E-state index in [0.29, 0.717) is 13.0 Å². The average Bonchev–Trinajstić information content (AvgIpc) is 2.33. The summed E-state index contributed by atoms with van der Waals surface area (Å²) < 4.78 is 6.52. The fourth-order valence-electron chi connectivity index (χ4n) is 0.926. The summed E-state index contributed by atoms with van der Waals surface area (Å²) in [4.78, 5) is 10.3. The van der Waals surface area contributed by atoms with Crippen molar-refractivity contribution in [3.8, 4) is 0 Å². The predicted octanol–water partition coefficient (Wildman–Crippen LogP) is -1.21. The topological polar surface area (TPSA) is 69.6 Å². The lowest BCUT2D eigenvalue weighted by Gasteiger charge is -2.06. The largest absolute Gasteiger partial charge is 0.480 e. The van der Waals surface area contributed by atoms with Crippen LogP contribution in [0.25, 0.3) is 0 Å². The molecule has 0 saturated carbocycles. The normalized spacial score (nSPS) is 36.2. The second kappa shape index (κ2) is 2.33. The van der Waals surface area contributed by atoms with Gasteiger partial charge >= 0.3 is 5.97 Å². The minimum absolute atomic E-state index is 0.488. The molecule has 0 spiro atoms. The van der Waals surface area contributed by atoms with Crippen LogP contribution in [0.5, 0.6) is 0 Å². The van der Waals surface area contributed by atoms with Crippen molar-refractivity contribution >= 4 is 5.97 Å². The lowest BCUT2D eigenvalue weighted by atomic mass is 10.2. The van der Waals surface area contributed by atoms with E-state index >= 15 is 0 Å². The molecule has 0 aromatic carbocycles. The fourth-order valence-corrected chi connectivity index (χ4v) is 0.926. The third-order valence-corrected chi connectivity index (χ3v) is 1.43. The molecule has 9 heavy (non-hydrogen) atoms. The van der Waals surface area contributed by atoms with Gasteiger partial charge in [0.25, 0.3) is 0 Å². The minimum atomic E-state index is -0.949. The lowest BCUT2D eigenvalue weighted by Crippen LogP contribution is -2.38. The Bertz CT molecular complexity index is 141. The molecule has 4 nitrogen and oxygen atoms in total. The number of carboxylic acids is 1. The molecule has 1 heterocycles. The van der Waals surface area contributed by atoms with Crippen molar-refractivity contribution in [2.24, 2.45) is 0 Å². The van der Waals surface area contributed by atoms with Crippen molar-refractivity contribution in [3.05, 3.63) is 0 Å². The Labute approximate surface area is 54.0 Å². The molecule has 1 aliphatic heterocycles. The molecule has 0 bridgehead atoms. The van der Waals surface area contributed by atoms with Crippen LogP contribution in [-0.4, -0.2) is 36.3 Å². The molecule has 1 aliphatic rings. The summed E-state index contributed by atoms with van der Waals surface area (Å²) in [5, 5.41) is 15.4. The number of hydrogen-bond donors (Lipinski definition) is 3. The standard InChI is InChI=1S/C5H9NO3/c7-3-1-2-6-4(3)5(8)9/h3-4,6-7H,1-2H2,(H,8,9)/t3-,4+/m0/s1/i7D. The van der Waals surface area contributed by atoms with Crippen molar-refractivity contribution in [1.82, 2.24) is 5.32 Å². The molecule has 1 saturated heterocycles. The van der Waals surface area contributed by atoms with E-state index in [2.05, 4.69) is 10.4 Å². The van der Waals surface area contributed by atoms with Crippen LogP contribution in [-0.2, 0) is 4.79 Å². The van der Waals surface area contributed by atoms with Crippen LogP contribution in [0.3, 0.4) is 0 Å². The van der Waals surface area contributed by atoms with Crippen LogP contribution >= 0.6 is 0 Å². The van der Waals surface area contributed by atoms with Gasteiger partial charge in [-0.2, -0.15) is 0 Å². The monoisotopic (exact) mass is 132 g/mol. The highest BCUT2D eigenvalue weighted by Crippen LogP contribution is 2.05. The van der Waals surface area contributed by atoms with Gasteiger partial charge in [-0.15, -0.1) is 0 Å². The second-order valence-corrected chi connectivity index (χ2v) is 2.10. The third kappa shape index (κ3) is 1.20. The maximum atomic E-state index is 10.3. The molecule has 0 amide bonds. The van der Waals surface area contributed by atoms with E-state index in [4.69, 9.17) is 6.54 Å². The van der Waals surface area contributed by atoms with E-state index in [9.17, 15) is 4.79 Å². The molecular formula is C5H9NO3. The SMILES string of the molecule is [2H]O[C@H]1CCN[C@H]1C(=O)O. The first-order chi connectivity index (χ1) is 4.75. The summed E-state index contributed by atoms with van der Waals surface area (Å²) >= 11 is 0. The van der Waals surface area contributed by atoms with Gasteiger partial charge in [-0.05, 0) is 13.0 Å². The number of nitrogens with one attached hydrogen (secondary N) is 1. The van der Waals surface area contributed by atoms with E-state index in [1.165, 1.54) is 0 Å². The maximum absolute atomic E-state index is 10.3. The number of hydrogen-bond acceptors (Lipinski definition) is 3. The first kappa shape index (κ1) is 5.20. The van der Waals surface area contributed by atoms with Gasteiger partial charge in [0.2, 0.25) is 1.43 Å². The third-order valence-electron chi connectivity index (χ3n) is 1.43. The molecule has 0 aromatic rings. The van der Waals surface area contributed by atoms with Crippen molar-refractivity contribution in [1.29, 1.82) is 1.43 Å². The summed E-state index contributed by atoms with van der Waals surface area (Å²) in [7, 11) is 0. The van der Waals surface area contributed by atoms with Crippen molar-refractivity contribution in [3.63, 3.8) is 0 Å². The van der Waals surface area contributed by atoms with E-state index in [1.54, 1.807) is 0 Å². The fraction of sp³-hybridized carbons (Fsp3) is 0.800. The van der Waals surface area contributed by atoms with E-state index < -0.39 is 18.1 Å². The molecule has 3 N–H and O–H groups in total. The molecule has 2 atom stereocenters. The minimum Gasteiger partial charge on any atom is -0.480 e. The zero-order chi connectivity index (χ0) is 7.56. The number of aliphatic hydroxyl groups is 1. The first-order valence-corrected chi connectivity index (χ1v) is 2.84. The smallest absolute Gasteiger partial charge is 0.323 e. The Hall–Kier alpha value is -0.610. The molecule has 52 valence electrons. The van der Waals surface area contributed by atoms with Crippen LogP contribution in [0.4, 0.5) is 0 Å². The number of aliphatic carboxylic acids is 1. The average molecular weight is 132 g/mol. The number of aliphatic hydroxyl groups excluding tert-OH is 1. The van der Waals surface area contributed by atoms with E-state index in [1.807, 2.05) is 0 Å². The van der Waals surface area contributed by atoms with Crippen molar-refractivity contribution < 1.29 is 15.0 Å². The quantitative estimate of drug-likeness (QED) is 0.441. The first-order valence-electron chi connectivity index (χ1n) is 3.24. The second-order valence-electron chi connectivity index (χ2n) is 2.10. The van der Waals surface area contributed by atoms with Gasteiger partial charge in [-0.3, -0.25) is 4.79 Å². The zero-order valence-corrected chi connectivity index (χ0v) is 4.83. The summed E-state index contributed by atoms with van der Waals surface area (Å²) in [6.45, 7) is 0.612. The maximum Gasteiger partial charge on any atom is 0.323 e. The van der Waals surface area contributed by atoms with Crippen LogP contribution in [0, 0.1) is 0 Å². The van der Waals surface area contributed by atoms with Gasteiger partial charge in [0.05, 0.1) is 6.10 Å². The Kier molecular flexibility index (Phi) is 1.34. The van der Waals surface area contributed by atoms with Gasteiger partial charge in [0.1, 0.15) is 6.04 Å². The number of rotatable bonds is 2. The van der Waals surface area contributed by atoms with Crippen molar-refractivity contribution in [2.45, 2.75) is 18.6 Å². The van der Waals surface area contributed by atoms with Crippen LogP contribution < -0.4 is 5.32 Å². The molecule has 0 radical (unpaired) electrons. The zero-order valence-electron chi connectivity index (χ0n) is 5.83. The number of carboxylic acid groups (broad SMARTS) is 1. The highest BCUT2D eigenvalue weighted by molar-refractivity contribution is 5.74. The highest BCUT2D eigenvalue weighted by atomic mass is 16.4. The number of carbonyl (C=O) groups is 1. The molecule has 1 fully saturated rings. The summed E-state index contributed by atoms with van der Waals surface area (Å²) in [5.74, 6) is -0.949. The van der Waals surface area contributed by atoms with Crippen LogP contribution in [0.2, 0.25) is 0 Å². The van der Waals surface area contributed by atoms with Gasteiger partial charge in [-0.1, -0.05) is 0 Å². The van der Waals surface area contributed by atoms with Gasteiger partial charge in [0.15, 0.2) is 0 Å². The summed E-state index contributed by atoms with van der Waals surface area (Å²) in [6.07, 6.45) is 0.109. The molecule has 4 heteroatoms. The Balaban J connectivity index is 2.50. The Morgan fingerprint density at radius 2 is 2.67 bits per heavy atom. The molecule has 0 aliphatic carbocycles. The van der Waals surface area contributed by atoms with Crippen LogP contribution in [0.15, 0.2) is 0 Å². The van der Waals surface area contributed by atoms with Crippen molar-refractivity contribution in [2.75, 3.05) is 6.54 Å². The molecular weight excluding hydrogens is 122 g/mol. The summed E-state index contributed by atoms with van der Waals surface area (Å²) in [5.41, 5.74) is 0. The molecule has 0 aromatic heterocycles. The Morgan fingerprint density at radius 3 is 3.11 bits per heavy atom. The van der Waals surface area contributed by atoms with Gasteiger partial charge in [-0.25, -0.2) is 0 Å². The van der Waals surface area contributed by atoms with Gasteiger partial charge < -0.3 is 15.5 Å². The Morgan fingerprint density at radius 1 is 1.89 bits per heavy atom. The predicted molar refractivity (Wildman–Crippen MR) is 30.1 cm³/mol. The van der Waals surface area contributed by atoms with E-state index in [-0.39, 0.29) is 0 Å². The van der Waals surface area contributed by atoms with Gasteiger partial charge in [0, 0.05) is 0 Å². The molecule has 1 rings (SSSR count). The molecule has 0 unspecified atom stereocenters. The van der Waals surface area contributed by atoms with Crippen LogP contribution in [0.1, 0.15) is 6.42 Å². The highest BCUT2D eigenvalue weighted by Gasteiger charge is 2.30.